The number of allylic oxidation sites excluding steroid dienone is 4. The van der Waals surface area contributed by atoms with Gasteiger partial charge in [-0.05, 0) is 37.5 Å². The average molecular weight is 437 g/mol. The second-order valence-electron chi connectivity index (χ2n) is 6.83. The summed E-state index contributed by atoms with van der Waals surface area (Å²) in [5, 5.41) is 6.85. The van der Waals surface area contributed by atoms with Crippen LogP contribution in [0.5, 0.6) is 11.6 Å². The summed E-state index contributed by atoms with van der Waals surface area (Å²) in [5.74, 6) is 1.78. The van der Waals surface area contributed by atoms with E-state index in [-0.39, 0.29) is 0 Å². The fourth-order valence-corrected chi connectivity index (χ4v) is 2.71. The van der Waals surface area contributed by atoms with Gasteiger partial charge in [0.25, 0.3) is 0 Å². The van der Waals surface area contributed by atoms with Crippen LogP contribution in [-0.4, -0.2) is 24.3 Å². The third kappa shape index (κ3) is 11.7. The Balaban J connectivity index is 0.000000738. The van der Waals surface area contributed by atoms with Crippen molar-refractivity contribution in [1.82, 2.24) is 4.98 Å². The molecule has 0 aliphatic rings. The molecule has 0 saturated heterocycles. The van der Waals surface area contributed by atoms with Crippen LogP contribution >= 0.6 is 0 Å². The minimum Gasteiger partial charge on any atom is -0.439 e. The molecule has 0 saturated carbocycles. The second-order valence-corrected chi connectivity index (χ2v) is 6.83. The molecule has 0 amide bonds. The van der Waals surface area contributed by atoms with Gasteiger partial charge in [-0.3, -0.25) is 0 Å². The van der Waals surface area contributed by atoms with Crippen LogP contribution in [0.1, 0.15) is 47.5 Å². The number of nitrogens with two attached hydrogens (primary N) is 1. The van der Waals surface area contributed by atoms with Crippen molar-refractivity contribution >= 4 is 17.7 Å². The molecule has 2 aromatic rings. The Morgan fingerprint density at radius 1 is 1.12 bits per heavy atom. The van der Waals surface area contributed by atoms with Crippen LogP contribution < -0.4 is 15.4 Å². The van der Waals surface area contributed by atoms with Crippen molar-refractivity contribution < 1.29 is 4.74 Å². The van der Waals surface area contributed by atoms with E-state index in [1.807, 2.05) is 63.2 Å². The van der Waals surface area contributed by atoms with Crippen LogP contribution in [-0.2, 0) is 0 Å². The molecular weight excluding hydrogens is 396 g/mol. The normalized spacial score (nSPS) is 9.97. The number of nitrogens with one attached hydrogen (secondary N) is 1. The van der Waals surface area contributed by atoms with E-state index in [9.17, 15) is 0 Å². The third-order valence-electron chi connectivity index (χ3n) is 3.94. The van der Waals surface area contributed by atoms with Crippen LogP contribution in [0.2, 0.25) is 0 Å². The fraction of sp³-hybridized carbons (Fsp3) is 0.333. The van der Waals surface area contributed by atoms with Crippen LogP contribution in [0.3, 0.4) is 0 Å². The first-order valence-corrected chi connectivity index (χ1v) is 11.2. The highest BCUT2D eigenvalue weighted by molar-refractivity contribution is 5.80. The molecule has 5 heteroatoms. The minimum atomic E-state index is 0.482. The maximum absolute atomic E-state index is 6.85. The molecule has 0 atom stereocenters. The number of para-hydroxylation sites is 1. The number of rotatable bonds is 10. The zero-order chi connectivity index (χ0) is 24.4. The first kappa shape index (κ1) is 28.7. The van der Waals surface area contributed by atoms with E-state index in [0.29, 0.717) is 11.7 Å². The Morgan fingerprint density at radius 3 is 2.16 bits per heavy atom. The SMILES string of the molecule is C=C/C(C=N)=C\C(=C)C.CC.CCCN(CCC)c1cc(N)nc(Oc2ccccc2)c1. The Bertz CT molecular complexity index is 828. The average Bonchev–Trinajstić information content (AvgIpc) is 2.79. The monoisotopic (exact) mass is 436 g/mol. The van der Waals surface area contributed by atoms with Gasteiger partial charge in [0.15, 0.2) is 0 Å². The van der Waals surface area contributed by atoms with E-state index in [1.54, 1.807) is 12.2 Å². The summed E-state index contributed by atoms with van der Waals surface area (Å²) in [4.78, 5) is 6.58. The van der Waals surface area contributed by atoms with E-state index in [4.69, 9.17) is 15.9 Å². The lowest BCUT2D eigenvalue weighted by atomic mass is 10.2. The quantitative estimate of drug-likeness (QED) is 0.300. The maximum atomic E-state index is 6.85. The Morgan fingerprint density at radius 2 is 1.72 bits per heavy atom. The van der Waals surface area contributed by atoms with E-state index in [2.05, 4.69) is 36.9 Å². The largest absolute Gasteiger partial charge is 0.439 e. The summed E-state index contributed by atoms with van der Waals surface area (Å²) in [7, 11) is 0. The predicted molar refractivity (Wildman–Crippen MR) is 141 cm³/mol. The molecule has 1 aromatic heterocycles. The number of aromatic nitrogens is 1. The number of anilines is 2. The van der Waals surface area contributed by atoms with Gasteiger partial charge < -0.3 is 20.8 Å². The second kappa shape index (κ2) is 17.4. The highest BCUT2D eigenvalue weighted by Gasteiger charge is 2.09. The fourth-order valence-electron chi connectivity index (χ4n) is 2.71. The molecule has 1 aromatic carbocycles. The molecule has 174 valence electrons. The van der Waals surface area contributed by atoms with Gasteiger partial charge in [-0.2, -0.15) is 4.98 Å². The van der Waals surface area contributed by atoms with Gasteiger partial charge in [0.1, 0.15) is 11.6 Å². The molecule has 0 aliphatic carbocycles. The van der Waals surface area contributed by atoms with Crippen molar-refractivity contribution in [3.05, 3.63) is 78.9 Å². The summed E-state index contributed by atoms with van der Waals surface area (Å²) < 4.78 is 5.79. The van der Waals surface area contributed by atoms with Crippen LogP contribution in [0.4, 0.5) is 11.5 Å². The van der Waals surface area contributed by atoms with Crippen molar-refractivity contribution in [3.63, 3.8) is 0 Å². The van der Waals surface area contributed by atoms with Crippen LogP contribution in [0.25, 0.3) is 0 Å². The lowest BCUT2D eigenvalue weighted by Crippen LogP contribution is -2.25. The number of hydrogen-bond donors (Lipinski definition) is 2. The molecule has 0 unspecified atom stereocenters. The van der Waals surface area contributed by atoms with E-state index >= 15 is 0 Å². The molecule has 0 bridgehead atoms. The zero-order valence-electron chi connectivity index (χ0n) is 20.4. The highest BCUT2D eigenvalue weighted by Crippen LogP contribution is 2.26. The summed E-state index contributed by atoms with van der Waals surface area (Å²) >= 11 is 0. The highest BCUT2D eigenvalue weighted by atomic mass is 16.5. The summed E-state index contributed by atoms with van der Waals surface area (Å²) in [5.41, 5.74) is 8.72. The minimum absolute atomic E-state index is 0.482. The van der Waals surface area contributed by atoms with Crippen LogP contribution in [0.15, 0.2) is 78.9 Å². The van der Waals surface area contributed by atoms with E-state index < -0.39 is 0 Å². The number of benzene rings is 1. The lowest BCUT2D eigenvalue weighted by molar-refractivity contribution is 0.463. The van der Waals surface area contributed by atoms with Gasteiger partial charge in [-0.15, -0.1) is 0 Å². The summed E-state index contributed by atoms with van der Waals surface area (Å²) in [6, 6.07) is 13.5. The zero-order valence-corrected chi connectivity index (χ0v) is 20.4. The predicted octanol–water partition coefficient (Wildman–Crippen LogP) is 7.43. The van der Waals surface area contributed by atoms with Gasteiger partial charge in [0, 0.05) is 37.1 Å². The third-order valence-corrected chi connectivity index (χ3v) is 3.94. The molecule has 3 N–H and O–H groups in total. The van der Waals surface area contributed by atoms with Gasteiger partial charge in [-0.25, -0.2) is 0 Å². The number of hydrogen-bond acceptors (Lipinski definition) is 5. The smallest absolute Gasteiger partial charge is 0.223 e. The molecule has 5 nitrogen and oxygen atoms in total. The first-order valence-electron chi connectivity index (χ1n) is 11.2. The van der Waals surface area contributed by atoms with Crippen molar-refractivity contribution in [1.29, 1.82) is 5.41 Å². The summed E-state index contributed by atoms with van der Waals surface area (Å²) in [6.07, 6.45) is 6.87. The topological polar surface area (TPSA) is 75.2 Å². The van der Waals surface area contributed by atoms with Gasteiger partial charge in [0.05, 0.1) is 0 Å². The molecule has 1 heterocycles. The van der Waals surface area contributed by atoms with E-state index in [0.717, 1.165) is 48.5 Å². The molecule has 0 radical (unpaired) electrons. The van der Waals surface area contributed by atoms with Crippen molar-refractivity contribution in [2.24, 2.45) is 0 Å². The maximum Gasteiger partial charge on any atom is 0.223 e. The molecule has 2 rings (SSSR count). The van der Waals surface area contributed by atoms with Crippen molar-refractivity contribution in [2.75, 3.05) is 23.7 Å². The van der Waals surface area contributed by atoms with Crippen molar-refractivity contribution in [2.45, 2.75) is 47.5 Å². The summed E-state index contributed by atoms with van der Waals surface area (Å²) in [6.45, 7) is 19.4. The van der Waals surface area contributed by atoms with Crippen LogP contribution in [0, 0.1) is 5.41 Å². The molecule has 32 heavy (non-hydrogen) atoms. The Labute approximate surface area is 194 Å². The van der Waals surface area contributed by atoms with E-state index in [1.165, 1.54) is 6.21 Å². The Hall–Kier alpha value is -3.34. The Kier molecular flexibility index (Phi) is 15.5. The van der Waals surface area contributed by atoms with Gasteiger partial charge in [-0.1, -0.05) is 76.8 Å². The molecule has 0 aliphatic heterocycles. The molecular formula is C27H40N4O. The number of ether oxygens (including phenoxy) is 1. The molecule has 0 fully saturated rings. The number of nitrogens with zero attached hydrogens (tertiary/aromatic N) is 2. The standard InChI is InChI=1S/C17H23N3O.C8H11N.C2H6/c1-3-10-20(11-4-2)14-12-16(18)19-17(13-14)21-15-8-6-5-7-9-15;1-4-8(6-9)5-7(2)3;1-2/h5-9,12-13H,3-4,10-11H2,1-2H3,(H2,18,19);4-6,9H,1-2H2,3H3;1-2H3/b;8-5+,9-6?;. The molecule has 0 spiro atoms. The first-order chi connectivity index (χ1) is 15.4. The lowest BCUT2D eigenvalue weighted by Gasteiger charge is -2.24. The van der Waals surface area contributed by atoms with Gasteiger partial charge >= 0.3 is 0 Å². The van der Waals surface area contributed by atoms with Crippen molar-refractivity contribution in [3.8, 4) is 11.6 Å². The number of pyridine rings is 1. The number of nitrogen functional groups attached to an aromatic ring is 1. The van der Waals surface area contributed by atoms with Gasteiger partial charge in [0.2, 0.25) is 5.88 Å².